The summed E-state index contributed by atoms with van der Waals surface area (Å²) in [5, 5.41) is 3.44. The van der Waals surface area contributed by atoms with Crippen molar-refractivity contribution < 1.29 is 0 Å². The van der Waals surface area contributed by atoms with Crippen molar-refractivity contribution in [3.63, 3.8) is 0 Å². The fourth-order valence-corrected chi connectivity index (χ4v) is 1.64. The van der Waals surface area contributed by atoms with E-state index in [0.29, 0.717) is 5.82 Å². The Balaban J connectivity index is 2.15. The van der Waals surface area contributed by atoms with Crippen molar-refractivity contribution in [2.75, 3.05) is 5.32 Å². The molecule has 1 unspecified atom stereocenters. The molecule has 2 aromatic heterocycles. The zero-order valence-electron chi connectivity index (χ0n) is 9.03. The van der Waals surface area contributed by atoms with Crippen LogP contribution in [0.3, 0.4) is 0 Å². The van der Waals surface area contributed by atoms with Crippen LogP contribution in [-0.4, -0.2) is 19.9 Å². The van der Waals surface area contributed by atoms with Crippen LogP contribution >= 0.6 is 11.6 Å². The third-order valence-corrected chi connectivity index (χ3v) is 2.29. The second kappa shape index (κ2) is 4.49. The average Bonchev–Trinajstić information content (AvgIpc) is 2.68. The third kappa shape index (κ3) is 2.49. The molecule has 6 heteroatoms. The fourth-order valence-electron chi connectivity index (χ4n) is 1.41. The molecule has 2 aromatic rings. The van der Waals surface area contributed by atoms with Crippen LogP contribution in [0, 0.1) is 6.92 Å². The first-order valence-corrected chi connectivity index (χ1v) is 5.30. The van der Waals surface area contributed by atoms with Gasteiger partial charge in [-0.05, 0) is 25.4 Å². The van der Waals surface area contributed by atoms with Gasteiger partial charge in [0.2, 0.25) is 5.28 Å². The van der Waals surface area contributed by atoms with Crippen molar-refractivity contribution in [2.45, 2.75) is 19.9 Å². The molecule has 16 heavy (non-hydrogen) atoms. The molecule has 0 radical (unpaired) electrons. The minimum absolute atomic E-state index is 0.0420. The van der Waals surface area contributed by atoms with Crippen LogP contribution in [0.15, 0.2) is 18.5 Å². The van der Waals surface area contributed by atoms with Gasteiger partial charge in [0, 0.05) is 24.2 Å². The van der Waals surface area contributed by atoms with Crippen LogP contribution in [-0.2, 0) is 0 Å². The van der Waals surface area contributed by atoms with E-state index in [1.54, 1.807) is 12.4 Å². The van der Waals surface area contributed by atoms with Gasteiger partial charge >= 0.3 is 0 Å². The van der Waals surface area contributed by atoms with Gasteiger partial charge in [-0.3, -0.25) is 0 Å². The van der Waals surface area contributed by atoms with Gasteiger partial charge in [-0.1, -0.05) is 0 Å². The fraction of sp³-hybridized carbons (Fsp3) is 0.300. The van der Waals surface area contributed by atoms with Gasteiger partial charge in [0.15, 0.2) is 0 Å². The Kier molecular flexibility index (Phi) is 3.05. The van der Waals surface area contributed by atoms with Gasteiger partial charge in [0.1, 0.15) is 11.6 Å². The van der Waals surface area contributed by atoms with Crippen molar-refractivity contribution >= 4 is 17.4 Å². The zero-order chi connectivity index (χ0) is 11.5. The lowest BCUT2D eigenvalue weighted by molar-refractivity contribution is 0.802. The molecular weight excluding hydrogens is 226 g/mol. The van der Waals surface area contributed by atoms with Crippen molar-refractivity contribution in [2.24, 2.45) is 0 Å². The summed E-state index contributed by atoms with van der Waals surface area (Å²) in [5.74, 6) is 1.55. The van der Waals surface area contributed by atoms with E-state index in [1.165, 1.54) is 0 Å². The zero-order valence-corrected chi connectivity index (χ0v) is 9.78. The molecule has 0 bridgehead atoms. The quantitative estimate of drug-likeness (QED) is 0.805. The predicted octanol–water partition coefficient (Wildman–Crippen LogP) is 2.33. The molecule has 0 fully saturated rings. The summed E-state index contributed by atoms with van der Waals surface area (Å²) >= 11 is 5.77. The maximum atomic E-state index is 5.77. The van der Waals surface area contributed by atoms with Gasteiger partial charge in [0.25, 0.3) is 0 Å². The Hall–Kier alpha value is -1.62. The van der Waals surface area contributed by atoms with E-state index in [-0.39, 0.29) is 11.3 Å². The largest absolute Gasteiger partial charge is 0.360 e. The van der Waals surface area contributed by atoms with Gasteiger partial charge < -0.3 is 10.3 Å². The molecular formula is C10H12ClN5. The molecule has 2 heterocycles. The lowest BCUT2D eigenvalue weighted by Crippen LogP contribution is -2.10. The molecule has 0 amide bonds. The molecule has 2 rings (SSSR count). The Morgan fingerprint density at radius 2 is 2.25 bits per heavy atom. The van der Waals surface area contributed by atoms with E-state index >= 15 is 0 Å². The standard InChI is InChI=1S/C10H12ClN5/c1-6-5-8(16-10(11)14-6)15-7(2)9-12-3-4-13-9/h3-5,7H,1-2H3,(H,12,13)(H,14,15,16). The number of rotatable bonds is 3. The van der Waals surface area contributed by atoms with Crippen LogP contribution in [0.5, 0.6) is 0 Å². The number of hydrogen-bond acceptors (Lipinski definition) is 4. The molecule has 0 aliphatic heterocycles. The van der Waals surface area contributed by atoms with Crippen molar-refractivity contribution in [1.82, 2.24) is 19.9 Å². The minimum atomic E-state index is 0.0420. The Labute approximate surface area is 98.3 Å². The monoisotopic (exact) mass is 237 g/mol. The van der Waals surface area contributed by atoms with Gasteiger partial charge in [0.05, 0.1) is 6.04 Å². The van der Waals surface area contributed by atoms with E-state index in [9.17, 15) is 0 Å². The highest BCUT2D eigenvalue weighted by atomic mass is 35.5. The molecule has 0 saturated carbocycles. The number of aromatic nitrogens is 4. The van der Waals surface area contributed by atoms with E-state index in [1.807, 2.05) is 19.9 Å². The Bertz CT molecular complexity index is 448. The summed E-state index contributed by atoms with van der Waals surface area (Å²) in [5.41, 5.74) is 0.828. The van der Waals surface area contributed by atoms with Gasteiger partial charge in [-0.15, -0.1) is 0 Å². The Morgan fingerprint density at radius 3 is 2.88 bits per heavy atom. The molecule has 2 N–H and O–H groups in total. The lowest BCUT2D eigenvalue weighted by atomic mass is 10.3. The first-order chi connectivity index (χ1) is 7.65. The first-order valence-electron chi connectivity index (χ1n) is 4.92. The average molecular weight is 238 g/mol. The van der Waals surface area contributed by atoms with Crippen LogP contribution in [0.1, 0.15) is 24.5 Å². The first kappa shape index (κ1) is 10.9. The summed E-state index contributed by atoms with van der Waals surface area (Å²) in [6.45, 7) is 3.86. The molecule has 0 aromatic carbocycles. The van der Waals surface area contributed by atoms with Gasteiger partial charge in [-0.2, -0.15) is 0 Å². The highest BCUT2D eigenvalue weighted by Crippen LogP contribution is 2.16. The second-order valence-corrected chi connectivity index (χ2v) is 3.84. The summed E-state index contributed by atoms with van der Waals surface area (Å²) in [6, 6.07) is 1.88. The van der Waals surface area contributed by atoms with E-state index in [0.717, 1.165) is 11.5 Å². The molecule has 0 aliphatic carbocycles. The number of aryl methyl sites for hydroxylation is 1. The number of nitrogens with one attached hydrogen (secondary N) is 2. The number of hydrogen-bond donors (Lipinski definition) is 2. The topological polar surface area (TPSA) is 66.5 Å². The summed E-state index contributed by atoms with van der Waals surface area (Å²) in [6.07, 6.45) is 3.50. The maximum absolute atomic E-state index is 5.77. The number of halogens is 1. The van der Waals surface area contributed by atoms with E-state index in [4.69, 9.17) is 11.6 Å². The van der Waals surface area contributed by atoms with Crippen molar-refractivity contribution in [3.05, 3.63) is 35.3 Å². The Morgan fingerprint density at radius 1 is 1.44 bits per heavy atom. The summed E-state index contributed by atoms with van der Waals surface area (Å²) in [4.78, 5) is 15.3. The predicted molar refractivity (Wildman–Crippen MR) is 62.4 cm³/mol. The second-order valence-electron chi connectivity index (χ2n) is 3.50. The molecule has 0 aliphatic rings. The molecule has 1 atom stereocenters. The normalized spacial score (nSPS) is 12.4. The molecule has 84 valence electrons. The number of imidazole rings is 1. The summed E-state index contributed by atoms with van der Waals surface area (Å²) in [7, 11) is 0. The van der Waals surface area contributed by atoms with Gasteiger partial charge in [-0.25, -0.2) is 15.0 Å². The highest BCUT2D eigenvalue weighted by Gasteiger charge is 2.08. The number of aromatic amines is 1. The van der Waals surface area contributed by atoms with E-state index in [2.05, 4.69) is 25.3 Å². The molecule has 5 nitrogen and oxygen atoms in total. The minimum Gasteiger partial charge on any atom is -0.360 e. The number of nitrogens with zero attached hydrogens (tertiary/aromatic N) is 3. The van der Waals surface area contributed by atoms with Crippen LogP contribution in [0.4, 0.5) is 5.82 Å². The van der Waals surface area contributed by atoms with Crippen molar-refractivity contribution in [1.29, 1.82) is 0 Å². The molecule has 0 spiro atoms. The van der Waals surface area contributed by atoms with Crippen molar-refractivity contribution in [3.8, 4) is 0 Å². The van der Waals surface area contributed by atoms with E-state index < -0.39 is 0 Å². The molecule has 0 saturated heterocycles. The summed E-state index contributed by atoms with van der Waals surface area (Å²) < 4.78 is 0. The lowest BCUT2D eigenvalue weighted by Gasteiger charge is -2.12. The SMILES string of the molecule is Cc1cc(NC(C)c2ncc[nH]2)nc(Cl)n1. The van der Waals surface area contributed by atoms with Crippen LogP contribution in [0.25, 0.3) is 0 Å². The highest BCUT2D eigenvalue weighted by molar-refractivity contribution is 6.28. The number of anilines is 1. The number of H-pyrrole nitrogens is 1. The van der Waals surface area contributed by atoms with Crippen LogP contribution in [0.2, 0.25) is 5.28 Å². The smallest absolute Gasteiger partial charge is 0.224 e. The maximum Gasteiger partial charge on any atom is 0.224 e. The third-order valence-electron chi connectivity index (χ3n) is 2.12. The van der Waals surface area contributed by atoms with Crippen LogP contribution < -0.4 is 5.32 Å².